The van der Waals surface area contributed by atoms with Gasteiger partial charge in [-0.1, -0.05) is 18.2 Å². The Morgan fingerprint density at radius 2 is 1.53 bits per heavy atom. The molecule has 1 radical (unpaired) electrons. The predicted octanol–water partition coefficient (Wildman–Crippen LogP) is 3.11. The SMILES string of the molecule is Cc1c[c]ccc1C(O)(C(F)(F)F)C(F)(F)F. The van der Waals surface area contributed by atoms with Crippen molar-refractivity contribution in [2.24, 2.45) is 0 Å². The highest BCUT2D eigenvalue weighted by atomic mass is 19.4. The van der Waals surface area contributed by atoms with Gasteiger partial charge in [0.25, 0.3) is 5.60 Å². The third kappa shape index (κ3) is 2.11. The molecule has 7 heteroatoms. The maximum absolute atomic E-state index is 12.5. The van der Waals surface area contributed by atoms with Crippen LogP contribution in [0.25, 0.3) is 0 Å². The molecule has 0 fully saturated rings. The largest absolute Gasteiger partial charge is 0.430 e. The third-order valence-electron chi connectivity index (χ3n) is 2.28. The lowest BCUT2D eigenvalue weighted by Crippen LogP contribution is -2.54. The topological polar surface area (TPSA) is 20.2 Å². The van der Waals surface area contributed by atoms with Crippen molar-refractivity contribution in [3.63, 3.8) is 0 Å². The van der Waals surface area contributed by atoms with Crippen LogP contribution in [0.15, 0.2) is 18.2 Å². The fourth-order valence-electron chi connectivity index (χ4n) is 1.39. The molecule has 0 unspecified atom stereocenters. The first-order valence-electron chi connectivity index (χ1n) is 4.35. The highest BCUT2D eigenvalue weighted by molar-refractivity contribution is 5.33. The molecule has 0 heterocycles. The minimum atomic E-state index is -5.85. The number of hydrogen-bond donors (Lipinski definition) is 1. The van der Waals surface area contributed by atoms with E-state index in [2.05, 4.69) is 6.07 Å². The summed E-state index contributed by atoms with van der Waals surface area (Å²) in [5, 5.41) is 9.07. The van der Waals surface area contributed by atoms with Crippen LogP contribution in [0.4, 0.5) is 26.3 Å². The summed E-state index contributed by atoms with van der Waals surface area (Å²) in [6.07, 6.45) is -11.7. The highest BCUT2D eigenvalue weighted by Gasteiger charge is 2.71. The Bertz CT molecular complexity index is 392. The first-order chi connectivity index (χ1) is 7.52. The first-order valence-corrected chi connectivity index (χ1v) is 4.35. The van der Waals surface area contributed by atoms with Crippen LogP contribution < -0.4 is 0 Å². The average Bonchev–Trinajstić information content (AvgIpc) is 2.13. The van der Waals surface area contributed by atoms with Crippen LogP contribution in [0.3, 0.4) is 0 Å². The molecular weight excluding hydrogens is 250 g/mol. The van der Waals surface area contributed by atoms with E-state index in [1.165, 1.54) is 0 Å². The van der Waals surface area contributed by atoms with Crippen molar-refractivity contribution in [1.29, 1.82) is 0 Å². The summed E-state index contributed by atoms with van der Waals surface area (Å²) in [5.74, 6) is 0. The molecule has 95 valence electrons. The zero-order valence-corrected chi connectivity index (χ0v) is 8.45. The second-order valence-electron chi connectivity index (χ2n) is 3.45. The van der Waals surface area contributed by atoms with Gasteiger partial charge in [-0.25, -0.2) is 0 Å². The van der Waals surface area contributed by atoms with E-state index in [0.29, 0.717) is 6.07 Å². The lowest BCUT2D eigenvalue weighted by Gasteiger charge is -2.33. The molecule has 0 saturated heterocycles. The van der Waals surface area contributed by atoms with Gasteiger partial charge in [0.1, 0.15) is 0 Å². The molecule has 0 atom stereocenters. The maximum Gasteiger partial charge on any atom is 0.430 e. The van der Waals surface area contributed by atoms with E-state index in [-0.39, 0.29) is 5.56 Å². The van der Waals surface area contributed by atoms with Crippen LogP contribution in [-0.2, 0) is 5.60 Å². The van der Waals surface area contributed by atoms with Gasteiger partial charge >= 0.3 is 12.4 Å². The van der Waals surface area contributed by atoms with Crippen LogP contribution in [0.1, 0.15) is 11.1 Å². The van der Waals surface area contributed by atoms with Gasteiger partial charge in [-0.05, 0) is 18.6 Å². The highest BCUT2D eigenvalue weighted by Crippen LogP contribution is 2.50. The summed E-state index contributed by atoms with van der Waals surface area (Å²) in [5.41, 5.74) is -6.44. The number of aryl methyl sites for hydroxylation is 1. The molecule has 0 saturated carbocycles. The van der Waals surface area contributed by atoms with Gasteiger partial charge in [-0.2, -0.15) is 26.3 Å². The van der Waals surface area contributed by atoms with Gasteiger partial charge in [0.05, 0.1) is 0 Å². The molecule has 1 N–H and O–H groups in total. The Labute approximate surface area is 92.7 Å². The van der Waals surface area contributed by atoms with E-state index in [0.717, 1.165) is 19.1 Å². The zero-order valence-electron chi connectivity index (χ0n) is 8.45. The summed E-state index contributed by atoms with van der Waals surface area (Å²) in [6.45, 7) is 1.04. The number of aliphatic hydroxyl groups is 1. The molecule has 0 bridgehead atoms. The van der Waals surface area contributed by atoms with Gasteiger partial charge in [0.2, 0.25) is 0 Å². The number of halogens is 6. The van der Waals surface area contributed by atoms with Crippen molar-refractivity contribution in [3.8, 4) is 0 Å². The Morgan fingerprint density at radius 1 is 1.06 bits per heavy atom. The summed E-state index contributed by atoms with van der Waals surface area (Å²) in [6, 6.07) is 4.70. The van der Waals surface area contributed by atoms with E-state index >= 15 is 0 Å². The molecule has 0 aliphatic carbocycles. The van der Waals surface area contributed by atoms with Crippen LogP contribution in [-0.4, -0.2) is 17.5 Å². The Morgan fingerprint density at radius 3 is 1.88 bits per heavy atom. The molecular formula is C10H7F6O. The fourth-order valence-corrected chi connectivity index (χ4v) is 1.39. The fraction of sp³-hybridized carbons (Fsp3) is 0.400. The molecule has 1 nitrogen and oxygen atoms in total. The van der Waals surface area contributed by atoms with E-state index in [1.54, 1.807) is 0 Å². The minimum absolute atomic E-state index is 0.343. The van der Waals surface area contributed by atoms with Crippen molar-refractivity contribution in [3.05, 3.63) is 35.4 Å². The second kappa shape index (κ2) is 3.90. The maximum atomic E-state index is 12.5. The molecule has 1 aromatic carbocycles. The van der Waals surface area contributed by atoms with E-state index in [1.807, 2.05) is 0 Å². The molecule has 1 aromatic rings. The second-order valence-corrected chi connectivity index (χ2v) is 3.45. The predicted molar refractivity (Wildman–Crippen MR) is 46.0 cm³/mol. The number of rotatable bonds is 1. The van der Waals surface area contributed by atoms with Crippen molar-refractivity contribution >= 4 is 0 Å². The molecule has 17 heavy (non-hydrogen) atoms. The molecule has 0 aromatic heterocycles. The van der Waals surface area contributed by atoms with Gasteiger partial charge in [-0.15, -0.1) is 0 Å². The Kier molecular flexibility index (Phi) is 3.17. The number of benzene rings is 1. The standard InChI is InChI=1S/C10H7F6O/c1-6-4-2-3-5-7(6)8(17,9(11,12)13)10(14,15)16/h3-5,17H,1H3. The van der Waals surface area contributed by atoms with Crippen molar-refractivity contribution in [2.75, 3.05) is 0 Å². The van der Waals surface area contributed by atoms with Gasteiger partial charge in [0.15, 0.2) is 0 Å². The molecule has 0 aliphatic rings. The smallest absolute Gasteiger partial charge is 0.369 e. The van der Waals surface area contributed by atoms with Gasteiger partial charge in [-0.3, -0.25) is 0 Å². The summed E-state index contributed by atoms with van der Waals surface area (Å²) in [7, 11) is 0. The zero-order chi connectivity index (χ0) is 13.5. The minimum Gasteiger partial charge on any atom is -0.369 e. The Balaban J connectivity index is 3.53. The molecule has 0 amide bonds. The van der Waals surface area contributed by atoms with Gasteiger partial charge < -0.3 is 5.11 Å². The average molecular weight is 257 g/mol. The first kappa shape index (κ1) is 13.8. The molecule has 0 spiro atoms. The van der Waals surface area contributed by atoms with Crippen LogP contribution in [0.2, 0.25) is 0 Å². The van der Waals surface area contributed by atoms with Crippen LogP contribution in [0, 0.1) is 13.0 Å². The quantitative estimate of drug-likeness (QED) is 0.766. The number of hydrogen-bond acceptors (Lipinski definition) is 1. The lowest BCUT2D eigenvalue weighted by molar-refractivity contribution is -0.376. The summed E-state index contributed by atoms with van der Waals surface area (Å²) < 4.78 is 74.9. The van der Waals surface area contributed by atoms with Crippen LogP contribution >= 0.6 is 0 Å². The lowest BCUT2D eigenvalue weighted by atomic mass is 9.89. The van der Waals surface area contributed by atoms with Crippen molar-refractivity contribution < 1.29 is 31.4 Å². The van der Waals surface area contributed by atoms with E-state index in [4.69, 9.17) is 5.11 Å². The molecule has 0 aliphatic heterocycles. The van der Waals surface area contributed by atoms with Gasteiger partial charge in [0, 0.05) is 5.56 Å². The normalized spacial score (nSPS) is 13.9. The summed E-state index contributed by atoms with van der Waals surface area (Å²) in [4.78, 5) is 0. The monoisotopic (exact) mass is 257 g/mol. The Hall–Kier alpha value is -1.24. The van der Waals surface area contributed by atoms with Crippen molar-refractivity contribution in [2.45, 2.75) is 24.9 Å². The number of alkyl halides is 6. The van der Waals surface area contributed by atoms with Crippen molar-refractivity contribution in [1.82, 2.24) is 0 Å². The summed E-state index contributed by atoms with van der Waals surface area (Å²) >= 11 is 0. The molecule has 1 rings (SSSR count). The third-order valence-corrected chi connectivity index (χ3v) is 2.28. The van der Waals surface area contributed by atoms with E-state index in [9.17, 15) is 26.3 Å². The van der Waals surface area contributed by atoms with E-state index < -0.39 is 23.5 Å². The van der Waals surface area contributed by atoms with Crippen LogP contribution in [0.5, 0.6) is 0 Å².